The molecule has 4 fully saturated rings. The first-order chi connectivity index (χ1) is 23.7. The van der Waals surface area contributed by atoms with Gasteiger partial charge in [0.05, 0.1) is 5.41 Å². The maximum absolute atomic E-state index is 13.3. The lowest BCUT2D eigenvalue weighted by molar-refractivity contribution is -0.212. The van der Waals surface area contributed by atoms with Crippen LogP contribution in [-0.4, -0.2) is 35.1 Å². The predicted octanol–water partition coefficient (Wildman–Crippen LogP) is 9.35. The number of fused-ring (bicyclic) bond motifs is 7. The fourth-order valence-corrected chi connectivity index (χ4v) is 12.3. The Morgan fingerprint density at radius 2 is 1.47 bits per heavy atom. The Hall–Kier alpha value is -3.42. The standard InChI is InChI=1S/C43H58O8/c1-26(44)49-31-13-10-28(24-32(31)50-27(2)45)11-15-36(46)51-35-17-18-40(7)33(39(35,5)6)16-19-42(9)34(40)14-12-29-30-25-38(3,4)20-22-43(30,37(47)48)23-21-41(29,42)8/h10-13,15,24,30,33-35H,14,16-23,25H2,1-9H3,(H,47,48)/b15-11+/t30-,33+,34-,35+,40+,41-,42-,43+/m1/s1. The number of esters is 3. The zero-order valence-corrected chi connectivity index (χ0v) is 32.1. The molecule has 5 aliphatic carbocycles. The van der Waals surface area contributed by atoms with Crippen LogP contribution in [0.5, 0.6) is 11.5 Å². The average Bonchev–Trinajstić information content (AvgIpc) is 3.02. The van der Waals surface area contributed by atoms with Gasteiger partial charge in [-0.25, -0.2) is 4.79 Å². The van der Waals surface area contributed by atoms with Crippen molar-refractivity contribution >= 4 is 30.0 Å². The zero-order chi connectivity index (χ0) is 37.4. The molecule has 1 aromatic carbocycles. The molecule has 0 spiro atoms. The molecule has 1 N–H and O–H groups in total. The summed E-state index contributed by atoms with van der Waals surface area (Å²) in [6, 6.07) is 4.76. The summed E-state index contributed by atoms with van der Waals surface area (Å²) in [5.41, 5.74) is 1.39. The molecule has 0 aromatic heterocycles. The minimum absolute atomic E-state index is 0.0368. The van der Waals surface area contributed by atoms with E-state index in [0.29, 0.717) is 17.4 Å². The smallest absolute Gasteiger partial charge is 0.331 e. The number of carbonyl (C=O) groups excluding carboxylic acids is 3. The molecule has 0 unspecified atom stereocenters. The maximum Gasteiger partial charge on any atom is 0.331 e. The minimum Gasteiger partial charge on any atom is -0.481 e. The van der Waals surface area contributed by atoms with E-state index in [4.69, 9.17) is 14.2 Å². The highest BCUT2D eigenvalue weighted by Gasteiger charge is 2.69. The van der Waals surface area contributed by atoms with Gasteiger partial charge in [-0.3, -0.25) is 14.4 Å². The highest BCUT2D eigenvalue weighted by atomic mass is 16.6. The van der Waals surface area contributed by atoms with Crippen molar-refractivity contribution in [3.05, 3.63) is 41.5 Å². The molecule has 278 valence electrons. The number of hydrogen-bond acceptors (Lipinski definition) is 7. The number of aliphatic carboxylic acids is 1. The summed E-state index contributed by atoms with van der Waals surface area (Å²) in [6.07, 6.45) is 14.6. The first kappa shape index (κ1) is 37.3. The van der Waals surface area contributed by atoms with Crippen LogP contribution in [-0.2, 0) is 23.9 Å². The normalized spacial score (nSPS) is 37.8. The Morgan fingerprint density at radius 3 is 2.14 bits per heavy atom. The minimum atomic E-state index is -0.637. The van der Waals surface area contributed by atoms with Crippen LogP contribution in [0.1, 0.15) is 132 Å². The molecule has 0 amide bonds. The van der Waals surface area contributed by atoms with Gasteiger partial charge >= 0.3 is 23.9 Å². The molecule has 6 rings (SSSR count). The number of carboxylic acids is 1. The number of rotatable bonds is 6. The lowest BCUT2D eigenvalue weighted by atomic mass is 9.33. The van der Waals surface area contributed by atoms with E-state index in [1.165, 1.54) is 31.6 Å². The second-order valence-electron chi connectivity index (χ2n) is 18.7. The topological polar surface area (TPSA) is 116 Å². The first-order valence-corrected chi connectivity index (χ1v) is 19.0. The summed E-state index contributed by atoms with van der Waals surface area (Å²) in [4.78, 5) is 49.4. The molecule has 0 saturated heterocycles. The predicted molar refractivity (Wildman–Crippen MR) is 195 cm³/mol. The van der Waals surface area contributed by atoms with Crippen LogP contribution in [0.15, 0.2) is 35.9 Å². The van der Waals surface area contributed by atoms with E-state index in [-0.39, 0.29) is 50.6 Å². The van der Waals surface area contributed by atoms with Gasteiger partial charge in [0.15, 0.2) is 11.5 Å². The summed E-state index contributed by atoms with van der Waals surface area (Å²) >= 11 is 0. The summed E-state index contributed by atoms with van der Waals surface area (Å²) < 4.78 is 16.6. The number of hydrogen-bond donors (Lipinski definition) is 1. The van der Waals surface area contributed by atoms with Crippen LogP contribution in [0.3, 0.4) is 0 Å². The molecule has 4 saturated carbocycles. The molecule has 8 atom stereocenters. The van der Waals surface area contributed by atoms with Crippen molar-refractivity contribution in [1.82, 2.24) is 0 Å². The van der Waals surface area contributed by atoms with E-state index in [1.54, 1.807) is 18.2 Å². The molecular formula is C43H58O8. The molecule has 0 radical (unpaired) electrons. The van der Waals surface area contributed by atoms with Crippen molar-refractivity contribution in [3.63, 3.8) is 0 Å². The summed E-state index contributed by atoms with van der Waals surface area (Å²) in [5, 5.41) is 10.7. The van der Waals surface area contributed by atoms with Gasteiger partial charge in [-0.15, -0.1) is 0 Å². The molecule has 5 aliphatic rings. The molecular weight excluding hydrogens is 644 g/mol. The van der Waals surface area contributed by atoms with E-state index in [2.05, 4.69) is 54.5 Å². The largest absolute Gasteiger partial charge is 0.481 e. The van der Waals surface area contributed by atoms with Crippen molar-refractivity contribution in [2.75, 3.05) is 0 Å². The van der Waals surface area contributed by atoms with E-state index in [1.807, 2.05) is 0 Å². The van der Waals surface area contributed by atoms with E-state index in [9.17, 15) is 24.3 Å². The van der Waals surface area contributed by atoms with Crippen LogP contribution in [0, 0.1) is 50.2 Å². The Morgan fingerprint density at radius 1 is 0.804 bits per heavy atom. The molecule has 8 nitrogen and oxygen atoms in total. The Kier molecular flexibility index (Phi) is 9.24. The Balaban J connectivity index is 1.21. The van der Waals surface area contributed by atoms with Gasteiger partial charge in [0, 0.05) is 25.3 Å². The van der Waals surface area contributed by atoms with E-state index in [0.717, 1.165) is 64.2 Å². The quantitative estimate of drug-likeness (QED) is 0.135. The second-order valence-corrected chi connectivity index (χ2v) is 18.7. The number of benzene rings is 1. The van der Waals surface area contributed by atoms with Gasteiger partial charge < -0.3 is 19.3 Å². The molecule has 0 aliphatic heterocycles. The second kappa shape index (κ2) is 12.6. The highest BCUT2D eigenvalue weighted by Crippen LogP contribution is 2.75. The average molecular weight is 703 g/mol. The first-order valence-electron chi connectivity index (χ1n) is 19.0. The lowest BCUT2D eigenvalue weighted by Crippen LogP contribution is -2.65. The van der Waals surface area contributed by atoms with Crippen LogP contribution in [0.2, 0.25) is 0 Å². The van der Waals surface area contributed by atoms with Gasteiger partial charge in [0.1, 0.15) is 6.10 Å². The number of carboxylic acid groups (broad SMARTS) is 1. The van der Waals surface area contributed by atoms with Crippen molar-refractivity contribution in [1.29, 1.82) is 0 Å². The molecule has 0 heterocycles. The van der Waals surface area contributed by atoms with Gasteiger partial charge in [-0.1, -0.05) is 66.2 Å². The molecule has 8 heteroatoms. The van der Waals surface area contributed by atoms with Crippen molar-refractivity contribution < 1.29 is 38.5 Å². The van der Waals surface area contributed by atoms with E-state index >= 15 is 0 Å². The van der Waals surface area contributed by atoms with Gasteiger partial charge in [0.2, 0.25) is 0 Å². The number of allylic oxidation sites excluding steroid dienone is 2. The van der Waals surface area contributed by atoms with E-state index < -0.39 is 29.3 Å². The summed E-state index contributed by atoms with van der Waals surface area (Å²) in [7, 11) is 0. The fraction of sp³-hybridized carbons (Fsp3) is 0.674. The SMILES string of the molecule is CC(=O)Oc1ccc(/C=C/C(=O)O[C@H]2CC[C@]3(C)[C@H]4CC=C5[C@H]6CC(C)(C)CC[C@]6(C(=O)O)CC[C@@]5(C)[C@]4(C)CC[C@H]3C2(C)C)cc1OC(C)=O. The van der Waals surface area contributed by atoms with Gasteiger partial charge in [-0.05, 0) is 127 Å². The number of ether oxygens (including phenoxy) is 3. The Labute approximate surface area is 303 Å². The molecule has 51 heavy (non-hydrogen) atoms. The van der Waals surface area contributed by atoms with Gasteiger partial charge in [-0.2, -0.15) is 0 Å². The third-order valence-electron chi connectivity index (χ3n) is 15.1. The third kappa shape index (κ3) is 6.06. The van der Waals surface area contributed by atoms with Crippen LogP contribution < -0.4 is 9.47 Å². The summed E-state index contributed by atoms with van der Waals surface area (Å²) in [6.45, 7) is 19.2. The maximum atomic E-state index is 13.3. The van der Waals surface area contributed by atoms with Crippen molar-refractivity contribution in [2.45, 2.75) is 133 Å². The lowest BCUT2D eigenvalue weighted by Gasteiger charge is -2.71. The number of carbonyl (C=O) groups is 4. The third-order valence-corrected chi connectivity index (χ3v) is 15.1. The summed E-state index contributed by atoms with van der Waals surface area (Å²) in [5.74, 6) is -0.953. The Bertz CT molecular complexity index is 1680. The molecule has 0 bridgehead atoms. The van der Waals surface area contributed by atoms with Crippen LogP contribution in [0.25, 0.3) is 6.08 Å². The fourth-order valence-electron chi connectivity index (χ4n) is 12.3. The van der Waals surface area contributed by atoms with Crippen LogP contribution >= 0.6 is 0 Å². The highest BCUT2D eigenvalue weighted by molar-refractivity contribution is 5.87. The van der Waals surface area contributed by atoms with Crippen LogP contribution in [0.4, 0.5) is 0 Å². The van der Waals surface area contributed by atoms with Crippen molar-refractivity contribution in [3.8, 4) is 11.5 Å². The monoisotopic (exact) mass is 702 g/mol. The zero-order valence-electron chi connectivity index (χ0n) is 32.1. The van der Waals surface area contributed by atoms with Gasteiger partial charge in [0.25, 0.3) is 0 Å². The van der Waals surface area contributed by atoms with Crippen molar-refractivity contribution in [2.24, 2.45) is 50.2 Å². The molecule has 1 aromatic rings.